The molecule has 0 aliphatic carbocycles. The fourth-order valence-electron chi connectivity index (χ4n) is 2.31. The first-order valence-electron chi connectivity index (χ1n) is 8.22. The number of rotatable bonds is 6. The Morgan fingerprint density at radius 3 is 2.84 bits per heavy atom. The van der Waals surface area contributed by atoms with Crippen LogP contribution in [-0.2, 0) is 0 Å². The third-order valence-electron chi connectivity index (χ3n) is 3.48. The quantitative estimate of drug-likeness (QED) is 0.359. The minimum absolute atomic E-state index is 0.0469. The number of aromatic nitrogens is 1. The van der Waals surface area contributed by atoms with Gasteiger partial charge in [-0.1, -0.05) is 43.2 Å². The zero-order valence-corrected chi connectivity index (χ0v) is 15.3. The van der Waals surface area contributed by atoms with Crippen LogP contribution >= 0.6 is 11.3 Å². The molecule has 2 amide bonds. The second kappa shape index (κ2) is 9.03. The molecule has 2 rings (SSSR count). The maximum Gasteiger partial charge on any atom is 0.321 e. The van der Waals surface area contributed by atoms with Gasteiger partial charge in [0.15, 0.2) is 5.13 Å². The molecule has 0 aliphatic rings. The molecule has 134 valence electrons. The third-order valence-corrected chi connectivity index (χ3v) is 4.51. The second-order valence-electron chi connectivity index (χ2n) is 5.60. The second-order valence-corrected chi connectivity index (χ2v) is 6.63. The molecule has 1 heterocycles. The zero-order chi connectivity index (χ0) is 18.2. The number of amides is 2. The molecule has 0 spiro atoms. The van der Waals surface area contributed by atoms with E-state index in [0.29, 0.717) is 17.4 Å². The molecule has 2 aromatic rings. The van der Waals surface area contributed by atoms with Crippen molar-refractivity contribution in [1.82, 2.24) is 15.6 Å². The van der Waals surface area contributed by atoms with Gasteiger partial charge in [0, 0.05) is 6.54 Å². The highest BCUT2D eigenvalue weighted by Gasteiger charge is 2.09. The largest absolute Gasteiger partial charge is 0.375 e. The van der Waals surface area contributed by atoms with E-state index in [2.05, 4.69) is 27.5 Å². The van der Waals surface area contributed by atoms with E-state index < -0.39 is 0 Å². The number of thiazole rings is 1. The van der Waals surface area contributed by atoms with Crippen LogP contribution in [0.25, 0.3) is 10.4 Å². The summed E-state index contributed by atoms with van der Waals surface area (Å²) in [5.74, 6) is 0.0469. The molecule has 0 atom stereocenters. The Morgan fingerprint density at radius 1 is 1.36 bits per heavy atom. The van der Waals surface area contributed by atoms with Gasteiger partial charge >= 0.3 is 6.03 Å². The van der Waals surface area contributed by atoms with Gasteiger partial charge in [-0.15, -0.1) is 0 Å². The Bertz CT molecular complexity index is 755. The van der Waals surface area contributed by atoms with Gasteiger partial charge in [-0.05, 0) is 31.0 Å². The van der Waals surface area contributed by atoms with Crippen LogP contribution in [0.1, 0.15) is 31.9 Å². The van der Waals surface area contributed by atoms with Crippen LogP contribution < -0.4 is 22.1 Å². The number of nitrogen functional groups attached to an aromatic ring is 1. The number of carbonyl (C=O) groups is 1. The highest BCUT2D eigenvalue weighted by molar-refractivity contribution is 7.18. The lowest BCUT2D eigenvalue weighted by Gasteiger charge is -2.07. The van der Waals surface area contributed by atoms with E-state index in [4.69, 9.17) is 11.5 Å². The van der Waals surface area contributed by atoms with Crippen molar-refractivity contribution < 1.29 is 4.79 Å². The molecule has 0 bridgehead atoms. The summed E-state index contributed by atoms with van der Waals surface area (Å²) in [7, 11) is 0. The predicted octanol–water partition coefficient (Wildman–Crippen LogP) is 3.14. The Balaban J connectivity index is 2.01. The van der Waals surface area contributed by atoms with Gasteiger partial charge in [-0.2, -0.15) is 0 Å². The third kappa shape index (κ3) is 5.75. The number of anilines is 1. The number of hydrogen-bond acceptors (Lipinski definition) is 5. The summed E-state index contributed by atoms with van der Waals surface area (Å²) in [6, 6.07) is 7.19. The van der Waals surface area contributed by atoms with Crippen molar-refractivity contribution in [1.29, 1.82) is 0 Å². The highest BCUT2D eigenvalue weighted by atomic mass is 32.1. The topological polar surface area (TPSA) is 118 Å². The van der Waals surface area contributed by atoms with Crippen molar-refractivity contribution in [2.75, 3.05) is 12.3 Å². The van der Waals surface area contributed by atoms with Crippen molar-refractivity contribution in [3.63, 3.8) is 0 Å². The standard InChI is InChI=1S/C17H24N6OS/c1-3-4-5-9-20-17(24)23-15(18)22-13-8-6-7-12(10-13)14-11(2)21-16(19)25-14/h6-8,10H,3-5,9H2,1-2H3,(H2,19,21)(H4,18,20,22,23,24). The number of carbonyl (C=O) groups excluding carboxylic acids is 1. The van der Waals surface area contributed by atoms with Crippen molar-refractivity contribution in [3.8, 4) is 10.4 Å². The van der Waals surface area contributed by atoms with E-state index in [-0.39, 0.29) is 12.0 Å². The van der Waals surface area contributed by atoms with E-state index in [1.165, 1.54) is 11.3 Å². The van der Waals surface area contributed by atoms with Crippen LogP contribution in [0.3, 0.4) is 0 Å². The molecule has 1 aromatic heterocycles. The Hall–Kier alpha value is -2.61. The molecule has 1 aromatic carbocycles. The van der Waals surface area contributed by atoms with E-state index >= 15 is 0 Å². The number of unbranched alkanes of at least 4 members (excludes halogenated alkanes) is 2. The van der Waals surface area contributed by atoms with Crippen LogP contribution in [-0.4, -0.2) is 23.5 Å². The summed E-state index contributed by atoms with van der Waals surface area (Å²) < 4.78 is 0. The lowest BCUT2D eigenvalue weighted by atomic mass is 10.1. The summed E-state index contributed by atoms with van der Waals surface area (Å²) in [6.45, 7) is 4.65. The van der Waals surface area contributed by atoms with Crippen LogP contribution in [0.15, 0.2) is 29.3 Å². The first kappa shape index (κ1) is 18.7. The molecule has 0 aliphatic heterocycles. The van der Waals surface area contributed by atoms with Gasteiger partial charge in [0.25, 0.3) is 0 Å². The number of nitrogens with one attached hydrogen (secondary N) is 2. The maximum atomic E-state index is 11.7. The summed E-state index contributed by atoms with van der Waals surface area (Å²) >= 11 is 1.43. The predicted molar refractivity (Wildman–Crippen MR) is 104 cm³/mol. The minimum atomic E-state index is -0.348. The number of aliphatic imine (C=N–C) groups is 1. The van der Waals surface area contributed by atoms with Crippen LogP contribution in [0.4, 0.5) is 15.6 Å². The van der Waals surface area contributed by atoms with E-state index in [1.807, 2.05) is 31.2 Å². The molecule has 8 heteroatoms. The van der Waals surface area contributed by atoms with Gasteiger partial charge in [0.05, 0.1) is 16.3 Å². The molecular formula is C17H24N6OS. The van der Waals surface area contributed by atoms with E-state index in [9.17, 15) is 4.79 Å². The number of benzene rings is 1. The van der Waals surface area contributed by atoms with Crippen LogP contribution in [0, 0.1) is 6.92 Å². The summed E-state index contributed by atoms with van der Waals surface area (Å²) in [5.41, 5.74) is 14.0. The van der Waals surface area contributed by atoms with E-state index in [0.717, 1.165) is 35.4 Å². The number of guanidine groups is 1. The van der Waals surface area contributed by atoms with Gasteiger partial charge in [-0.25, -0.2) is 14.8 Å². The molecule has 0 unspecified atom stereocenters. The Labute approximate surface area is 151 Å². The van der Waals surface area contributed by atoms with Crippen LogP contribution in [0.5, 0.6) is 0 Å². The lowest BCUT2D eigenvalue weighted by Crippen LogP contribution is -2.43. The van der Waals surface area contributed by atoms with Crippen molar-refractivity contribution in [2.24, 2.45) is 10.7 Å². The first-order valence-corrected chi connectivity index (χ1v) is 9.03. The van der Waals surface area contributed by atoms with Gasteiger partial charge in [-0.3, -0.25) is 5.32 Å². The molecule has 0 radical (unpaired) electrons. The van der Waals surface area contributed by atoms with Crippen molar-refractivity contribution >= 4 is 34.1 Å². The zero-order valence-electron chi connectivity index (χ0n) is 14.5. The smallest absolute Gasteiger partial charge is 0.321 e. The fourth-order valence-corrected chi connectivity index (χ4v) is 3.14. The number of nitrogens with zero attached hydrogens (tertiary/aromatic N) is 2. The number of nitrogens with two attached hydrogens (primary N) is 2. The molecule has 25 heavy (non-hydrogen) atoms. The Kier molecular flexibility index (Phi) is 6.76. The highest BCUT2D eigenvalue weighted by Crippen LogP contribution is 2.32. The average Bonchev–Trinajstić information content (AvgIpc) is 2.90. The molecule has 7 nitrogen and oxygen atoms in total. The summed E-state index contributed by atoms with van der Waals surface area (Å²) in [6.07, 6.45) is 3.13. The van der Waals surface area contributed by atoms with Gasteiger partial charge in [0.2, 0.25) is 5.96 Å². The molecule has 0 saturated carbocycles. The molecule has 0 saturated heterocycles. The molecular weight excluding hydrogens is 336 g/mol. The number of aryl methyl sites for hydroxylation is 1. The van der Waals surface area contributed by atoms with Gasteiger partial charge < -0.3 is 16.8 Å². The van der Waals surface area contributed by atoms with Crippen molar-refractivity contribution in [3.05, 3.63) is 30.0 Å². The number of hydrogen-bond donors (Lipinski definition) is 4. The molecule has 0 fully saturated rings. The maximum absolute atomic E-state index is 11.7. The lowest BCUT2D eigenvalue weighted by molar-refractivity contribution is 0.245. The minimum Gasteiger partial charge on any atom is -0.375 e. The summed E-state index contributed by atoms with van der Waals surface area (Å²) in [5, 5.41) is 5.81. The average molecular weight is 360 g/mol. The first-order chi connectivity index (χ1) is 12.0. The van der Waals surface area contributed by atoms with Gasteiger partial charge in [0.1, 0.15) is 0 Å². The van der Waals surface area contributed by atoms with E-state index in [1.54, 1.807) is 0 Å². The monoisotopic (exact) mass is 360 g/mol. The fraction of sp³-hybridized carbons (Fsp3) is 0.353. The molecule has 6 N–H and O–H groups in total. The SMILES string of the molecule is CCCCCNC(=O)NC(N)=Nc1cccc(-c2sc(N)nc2C)c1. The van der Waals surface area contributed by atoms with Crippen molar-refractivity contribution in [2.45, 2.75) is 33.1 Å². The normalized spacial score (nSPS) is 11.4. The summed E-state index contributed by atoms with van der Waals surface area (Å²) in [4.78, 5) is 21.2. The van der Waals surface area contributed by atoms with Crippen LogP contribution in [0.2, 0.25) is 0 Å². The number of urea groups is 1. The Morgan fingerprint density at radius 2 is 2.16 bits per heavy atom.